The maximum absolute atomic E-state index is 9.01. The zero-order valence-corrected chi connectivity index (χ0v) is 10.1. The molecule has 0 aliphatic rings. The number of benzene rings is 1. The molecule has 5 nitrogen and oxygen atoms in total. The summed E-state index contributed by atoms with van der Waals surface area (Å²) in [6, 6.07) is 7.52. The van der Waals surface area contributed by atoms with Crippen LogP contribution in [-0.4, -0.2) is 21.7 Å². The van der Waals surface area contributed by atoms with E-state index >= 15 is 0 Å². The third-order valence-electron chi connectivity index (χ3n) is 2.64. The number of aliphatic hydroxyl groups excluding tert-OH is 1. The van der Waals surface area contributed by atoms with E-state index in [1.165, 1.54) is 6.33 Å². The molecule has 3 N–H and O–H groups in total. The fourth-order valence-corrected chi connectivity index (χ4v) is 1.58. The number of ether oxygens (including phenoxy) is 1. The lowest BCUT2D eigenvalue weighted by Gasteiger charge is -2.11. The van der Waals surface area contributed by atoms with Crippen LogP contribution < -0.4 is 10.5 Å². The number of nitrogens with zero attached hydrogens (tertiary/aromatic N) is 2. The summed E-state index contributed by atoms with van der Waals surface area (Å²) in [7, 11) is 0. The molecule has 1 heterocycles. The van der Waals surface area contributed by atoms with Crippen LogP contribution in [0.3, 0.4) is 0 Å². The van der Waals surface area contributed by atoms with E-state index in [9.17, 15) is 0 Å². The predicted octanol–water partition coefficient (Wildman–Crippen LogP) is 1.69. The summed E-state index contributed by atoms with van der Waals surface area (Å²) < 4.78 is 5.73. The Hall–Kier alpha value is -2.14. The molecule has 0 saturated carbocycles. The molecule has 0 spiro atoms. The highest BCUT2D eigenvalue weighted by molar-refractivity contribution is 5.46. The second kappa shape index (κ2) is 5.46. The number of para-hydroxylation sites is 1. The lowest BCUT2D eigenvalue weighted by atomic mass is 10.1. The first-order chi connectivity index (χ1) is 8.72. The number of nitrogens with two attached hydrogens (primary N) is 1. The fraction of sp³-hybridized carbons (Fsp3) is 0.231. The van der Waals surface area contributed by atoms with Crippen molar-refractivity contribution in [3.8, 4) is 11.6 Å². The van der Waals surface area contributed by atoms with Crippen molar-refractivity contribution >= 4 is 5.82 Å². The average molecular weight is 245 g/mol. The Balaban J connectivity index is 2.31. The standard InChI is InChI=1S/C13H15N3O2/c1-9-12(14)15-8-16-13(9)18-11-5-3-2-4-10(11)6-7-17/h2-5,8,17H,6-7H2,1H3,(H2,14,15,16). The molecule has 2 rings (SSSR count). The normalized spacial score (nSPS) is 10.3. The molecule has 18 heavy (non-hydrogen) atoms. The van der Waals surface area contributed by atoms with E-state index in [0.29, 0.717) is 29.4 Å². The number of rotatable bonds is 4. The Kier molecular flexibility index (Phi) is 3.74. The van der Waals surface area contributed by atoms with Crippen LogP contribution in [0.4, 0.5) is 5.82 Å². The second-order valence-electron chi connectivity index (χ2n) is 3.87. The highest BCUT2D eigenvalue weighted by Crippen LogP contribution is 2.27. The van der Waals surface area contributed by atoms with Crippen molar-refractivity contribution in [2.24, 2.45) is 0 Å². The Morgan fingerprint density at radius 2 is 2.06 bits per heavy atom. The third kappa shape index (κ3) is 2.57. The highest BCUT2D eigenvalue weighted by Gasteiger charge is 2.09. The molecule has 0 amide bonds. The Labute approximate surface area is 105 Å². The summed E-state index contributed by atoms with van der Waals surface area (Å²) in [5.41, 5.74) is 7.33. The van der Waals surface area contributed by atoms with Crippen LogP contribution in [0, 0.1) is 6.92 Å². The van der Waals surface area contributed by atoms with Gasteiger partial charge in [-0.15, -0.1) is 0 Å². The molecule has 0 aliphatic heterocycles. The molecule has 5 heteroatoms. The molecule has 0 fully saturated rings. The molecular formula is C13H15N3O2. The quantitative estimate of drug-likeness (QED) is 0.856. The van der Waals surface area contributed by atoms with Gasteiger partial charge in [-0.1, -0.05) is 18.2 Å². The Morgan fingerprint density at radius 3 is 2.83 bits per heavy atom. The van der Waals surface area contributed by atoms with Gasteiger partial charge in [-0.25, -0.2) is 9.97 Å². The van der Waals surface area contributed by atoms with E-state index in [2.05, 4.69) is 9.97 Å². The summed E-state index contributed by atoms with van der Waals surface area (Å²) in [5, 5.41) is 9.01. The van der Waals surface area contributed by atoms with Crippen LogP contribution in [0.1, 0.15) is 11.1 Å². The van der Waals surface area contributed by atoms with Crippen molar-refractivity contribution in [2.45, 2.75) is 13.3 Å². The van der Waals surface area contributed by atoms with E-state index in [1.807, 2.05) is 24.3 Å². The number of hydrogen-bond acceptors (Lipinski definition) is 5. The minimum absolute atomic E-state index is 0.0747. The fourth-order valence-electron chi connectivity index (χ4n) is 1.58. The minimum atomic E-state index is 0.0747. The molecule has 0 aliphatic carbocycles. The molecule has 1 aromatic heterocycles. The molecule has 1 aromatic carbocycles. The summed E-state index contributed by atoms with van der Waals surface area (Å²) in [5.74, 6) is 1.51. The summed E-state index contributed by atoms with van der Waals surface area (Å²) in [6.45, 7) is 1.88. The van der Waals surface area contributed by atoms with Crippen molar-refractivity contribution in [3.05, 3.63) is 41.7 Å². The van der Waals surface area contributed by atoms with E-state index in [4.69, 9.17) is 15.6 Å². The topological polar surface area (TPSA) is 81.3 Å². The van der Waals surface area contributed by atoms with Crippen LogP contribution in [0.5, 0.6) is 11.6 Å². The number of aliphatic hydroxyl groups is 1. The maximum Gasteiger partial charge on any atom is 0.227 e. The molecule has 2 aromatic rings. The first kappa shape index (κ1) is 12.3. The van der Waals surface area contributed by atoms with Gasteiger partial charge >= 0.3 is 0 Å². The summed E-state index contributed by atoms with van der Waals surface area (Å²) >= 11 is 0. The number of nitrogen functional groups attached to an aromatic ring is 1. The SMILES string of the molecule is Cc1c(N)ncnc1Oc1ccccc1CCO. The monoisotopic (exact) mass is 245 g/mol. The highest BCUT2D eigenvalue weighted by atomic mass is 16.5. The van der Waals surface area contributed by atoms with Gasteiger partial charge < -0.3 is 15.6 Å². The van der Waals surface area contributed by atoms with Gasteiger partial charge in [0.15, 0.2) is 0 Å². The first-order valence-electron chi connectivity index (χ1n) is 5.66. The van der Waals surface area contributed by atoms with Crippen molar-refractivity contribution in [2.75, 3.05) is 12.3 Å². The zero-order valence-electron chi connectivity index (χ0n) is 10.1. The van der Waals surface area contributed by atoms with Crippen molar-refractivity contribution in [1.82, 2.24) is 9.97 Å². The minimum Gasteiger partial charge on any atom is -0.438 e. The van der Waals surface area contributed by atoms with Crippen LogP contribution in [0.2, 0.25) is 0 Å². The van der Waals surface area contributed by atoms with Gasteiger partial charge in [0.2, 0.25) is 5.88 Å². The van der Waals surface area contributed by atoms with E-state index in [-0.39, 0.29) is 6.61 Å². The summed E-state index contributed by atoms with van der Waals surface area (Å²) in [4.78, 5) is 7.95. The van der Waals surface area contributed by atoms with Crippen LogP contribution in [0.25, 0.3) is 0 Å². The van der Waals surface area contributed by atoms with Gasteiger partial charge in [-0.05, 0) is 25.0 Å². The van der Waals surface area contributed by atoms with Crippen molar-refractivity contribution in [3.63, 3.8) is 0 Å². The van der Waals surface area contributed by atoms with Gasteiger partial charge in [0.05, 0.1) is 5.56 Å². The lowest BCUT2D eigenvalue weighted by molar-refractivity contribution is 0.297. The van der Waals surface area contributed by atoms with Crippen LogP contribution >= 0.6 is 0 Å². The molecule has 0 saturated heterocycles. The van der Waals surface area contributed by atoms with Gasteiger partial charge in [-0.2, -0.15) is 0 Å². The Morgan fingerprint density at radius 1 is 1.28 bits per heavy atom. The lowest BCUT2D eigenvalue weighted by Crippen LogP contribution is -2.01. The van der Waals surface area contributed by atoms with Crippen molar-refractivity contribution < 1.29 is 9.84 Å². The molecule has 0 radical (unpaired) electrons. The van der Waals surface area contributed by atoms with Crippen molar-refractivity contribution in [1.29, 1.82) is 0 Å². The van der Waals surface area contributed by atoms with E-state index < -0.39 is 0 Å². The zero-order chi connectivity index (χ0) is 13.0. The van der Waals surface area contributed by atoms with E-state index in [0.717, 1.165) is 5.56 Å². The molecule has 0 unspecified atom stereocenters. The summed E-state index contributed by atoms with van der Waals surface area (Å²) in [6.07, 6.45) is 1.90. The van der Waals surface area contributed by atoms with Gasteiger partial charge in [-0.3, -0.25) is 0 Å². The predicted molar refractivity (Wildman–Crippen MR) is 68.5 cm³/mol. The van der Waals surface area contributed by atoms with E-state index in [1.54, 1.807) is 6.92 Å². The van der Waals surface area contributed by atoms with Crippen LogP contribution in [0.15, 0.2) is 30.6 Å². The molecule has 0 bridgehead atoms. The number of anilines is 1. The number of aromatic nitrogens is 2. The molecular weight excluding hydrogens is 230 g/mol. The third-order valence-corrected chi connectivity index (χ3v) is 2.64. The van der Waals surface area contributed by atoms with Crippen LogP contribution in [-0.2, 0) is 6.42 Å². The smallest absolute Gasteiger partial charge is 0.227 e. The first-order valence-corrected chi connectivity index (χ1v) is 5.66. The van der Waals surface area contributed by atoms with Gasteiger partial charge in [0, 0.05) is 6.61 Å². The molecule has 94 valence electrons. The average Bonchev–Trinajstić information content (AvgIpc) is 2.37. The molecule has 0 atom stereocenters. The van der Waals surface area contributed by atoms with Gasteiger partial charge in [0.25, 0.3) is 0 Å². The largest absolute Gasteiger partial charge is 0.438 e. The second-order valence-corrected chi connectivity index (χ2v) is 3.87. The maximum atomic E-state index is 9.01. The Bertz CT molecular complexity index is 544. The number of hydrogen-bond donors (Lipinski definition) is 2. The van der Waals surface area contributed by atoms with Gasteiger partial charge in [0.1, 0.15) is 17.9 Å².